The van der Waals surface area contributed by atoms with Gasteiger partial charge in [-0.3, -0.25) is 0 Å². The van der Waals surface area contributed by atoms with Gasteiger partial charge < -0.3 is 14.2 Å². The maximum Gasteiger partial charge on any atom is 0.146 e. The zero-order chi connectivity index (χ0) is 13.9. The van der Waals surface area contributed by atoms with Crippen molar-refractivity contribution in [3.05, 3.63) is 35.1 Å². The topological polar surface area (TPSA) is 51.5 Å². The van der Waals surface area contributed by atoms with E-state index in [9.17, 15) is 4.39 Å². The Balaban J connectivity index is 2.18. The summed E-state index contributed by atoms with van der Waals surface area (Å²) in [5.74, 6) is -0.508. The molecule has 4 nitrogen and oxygen atoms in total. The first kappa shape index (κ1) is 15.6. The van der Waals surface area contributed by atoms with Crippen molar-refractivity contribution in [2.75, 3.05) is 33.5 Å². The van der Waals surface area contributed by atoms with E-state index in [2.05, 4.69) is 0 Å². The third kappa shape index (κ3) is 5.79. The van der Waals surface area contributed by atoms with E-state index in [-0.39, 0.29) is 12.2 Å². The summed E-state index contributed by atoms with van der Waals surface area (Å²) >= 11 is 0. The second-order valence-corrected chi connectivity index (χ2v) is 3.90. The standard InChI is InChI=1S/C14H18FNO3/c1-17-6-3-7-18-8-9-19-11-13-5-2-4-12(10-16)14(13)15/h2,4-5H,3,6-9,11H2,1H3. The maximum atomic E-state index is 13.6. The SMILES string of the molecule is COCCCOCCOCc1cccc(C#N)c1F. The Morgan fingerprint density at radius 3 is 2.68 bits per heavy atom. The monoisotopic (exact) mass is 267 g/mol. The van der Waals surface area contributed by atoms with E-state index in [1.54, 1.807) is 25.3 Å². The summed E-state index contributed by atoms with van der Waals surface area (Å²) < 4.78 is 29.1. The van der Waals surface area contributed by atoms with Gasteiger partial charge in [-0.15, -0.1) is 0 Å². The minimum Gasteiger partial charge on any atom is -0.385 e. The maximum absolute atomic E-state index is 13.6. The van der Waals surface area contributed by atoms with Gasteiger partial charge in [-0.25, -0.2) is 4.39 Å². The van der Waals surface area contributed by atoms with Crippen LogP contribution < -0.4 is 0 Å². The zero-order valence-electron chi connectivity index (χ0n) is 11.0. The van der Waals surface area contributed by atoms with Crippen LogP contribution in [0.2, 0.25) is 0 Å². The second-order valence-electron chi connectivity index (χ2n) is 3.90. The molecule has 1 rings (SSSR count). The molecule has 0 aliphatic rings. The molecule has 0 fully saturated rings. The minimum absolute atomic E-state index is 0.0388. The van der Waals surface area contributed by atoms with Crippen LogP contribution in [0.5, 0.6) is 0 Å². The Morgan fingerprint density at radius 2 is 1.95 bits per heavy atom. The van der Waals surface area contributed by atoms with E-state index in [4.69, 9.17) is 19.5 Å². The number of nitriles is 1. The number of hydrogen-bond donors (Lipinski definition) is 0. The first-order chi connectivity index (χ1) is 9.29. The van der Waals surface area contributed by atoms with Gasteiger partial charge in [0.05, 0.1) is 25.4 Å². The molecule has 104 valence electrons. The number of benzene rings is 1. The van der Waals surface area contributed by atoms with Crippen LogP contribution in [0.4, 0.5) is 4.39 Å². The fourth-order valence-corrected chi connectivity index (χ4v) is 1.48. The average Bonchev–Trinajstić information content (AvgIpc) is 2.43. The van der Waals surface area contributed by atoms with Gasteiger partial charge >= 0.3 is 0 Å². The lowest BCUT2D eigenvalue weighted by molar-refractivity contribution is 0.0329. The highest BCUT2D eigenvalue weighted by molar-refractivity contribution is 5.34. The molecule has 0 saturated heterocycles. The lowest BCUT2D eigenvalue weighted by Gasteiger charge is -2.07. The lowest BCUT2D eigenvalue weighted by atomic mass is 10.1. The van der Waals surface area contributed by atoms with Gasteiger partial charge in [0.25, 0.3) is 0 Å². The molecule has 19 heavy (non-hydrogen) atoms. The number of hydrogen-bond acceptors (Lipinski definition) is 4. The van der Waals surface area contributed by atoms with Crippen LogP contribution in [-0.2, 0) is 20.8 Å². The van der Waals surface area contributed by atoms with Gasteiger partial charge in [0.2, 0.25) is 0 Å². The molecule has 0 aliphatic carbocycles. The number of rotatable bonds is 9. The van der Waals surface area contributed by atoms with Crippen LogP contribution in [-0.4, -0.2) is 33.5 Å². The average molecular weight is 267 g/mol. The van der Waals surface area contributed by atoms with Crippen LogP contribution in [0, 0.1) is 17.1 Å². The first-order valence-electron chi connectivity index (χ1n) is 6.11. The van der Waals surface area contributed by atoms with Gasteiger partial charge in [0, 0.05) is 25.9 Å². The molecule has 0 heterocycles. The van der Waals surface area contributed by atoms with Crippen molar-refractivity contribution < 1.29 is 18.6 Å². The predicted molar refractivity (Wildman–Crippen MR) is 68.1 cm³/mol. The van der Waals surface area contributed by atoms with Crippen LogP contribution in [0.15, 0.2) is 18.2 Å². The first-order valence-corrected chi connectivity index (χ1v) is 6.11. The Bertz CT molecular complexity index is 418. The highest BCUT2D eigenvalue weighted by Crippen LogP contribution is 2.12. The van der Waals surface area contributed by atoms with Gasteiger partial charge in [0.15, 0.2) is 0 Å². The third-order valence-corrected chi connectivity index (χ3v) is 2.47. The summed E-state index contributed by atoms with van der Waals surface area (Å²) in [5, 5.41) is 8.69. The van der Waals surface area contributed by atoms with E-state index in [0.717, 1.165) is 6.42 Å². The molecule has 0 N–H and O–H groups in total. The number of methoxy groups -OCH3 is 1. The quantitative estimate of drug-likeness (QED) is 0.644. The molecule has 5 heteroatoms. The number of ether oxygens (including phenoxy) is 3. The van der Waals surface area contributed by atoms with Crippen molar-refractivity contribution in [1.82, 2.24) is 0 Å². The third-order valence-electron chi connectivity index (χ3n) is 2.47. The van der Waals surface area contributed by atoms with Crippen molar-refractivity contribution in [3.8, 4) is 6.07 Å². The zero-order valence-corrected chi connectivity index (χ0v) is 11.0. The van der Waals surface area contributed by atoms with E-state index < -0.39 is 5.82 Å². The van der Waals surface area contributed by atoms with Crippen LogP contribution >= 0.6 is 0 Å². The van der Waals surface area contributed by atoms with Gasteiger partial charge in [0.1, 0.15) is 11.9 Å². The molecule has 0 bridgehead atoms. The Kier molecular flexibility index (Phi) is 7.75. The molecule has 0 amide bonds. The van der Waals surface area contributed by atoms with Crippen molar-refractivity contribution in [2.24, 2.45) is 0 Å². The Morgan fingerprint density at radius 1 is 1.16 bits per heavy atom. The number of halogens is 1. The van der Waals surface area contributed by atoms with Crippen LogP contribution in [0.1, 0.15) is 17.5 Å². The Labute approximate surface area is 112 Å². The highest BCUT2D eigenvalue weighted by Gasteiger charge is 2.06. The minimum atomic E-state index is -0.508. The molecule has 1 aromatic rings. The fraction of sp³-hybridized carbons (Fsp3) is 0.500. The van der Waals surface area contributed by atoms with Gasteiger partial charge in [-0.2, -0.15) is 5.26 Å². The van der Waals surface area contributed by atoms with Gasteiger partial charge in [-0.05, 0) is 12.5 Å². The fourth-order valence-electron chi connectivity index (χ4n) is 1.48. The van der Waals surface area contributed by atoms with E-state index in [1.807, 2.05) is 0 Å². The smallest absolute Gasteiger partial charge is 0.146 e. The van der Waals surface area contributed by atoms with Crippen molar-refractivity contribution in [1.29, 1.82) is 5.26 Å². The normalized spacial score (nSPS) is 10.4. The largest absolute Gasteiger partial charge is 0.385 e. The summed E-state index contributed by atoms with van der Waals surface area (Å²) in [6.45, 7) is 2.29. The highest BCUT2D eigenvalue weighted by atomic mass is 19.1. The Hall–Kier alpha value is -1.48. The van der Waals surface area contributed by atoms with E-state index >= 15 is 0 Å². The summed E-state index contributed by atoms with van der Waals surface area (Å²) in [4.78, 5) is 0. The lowest BCUT2D eigenvalue weighted by Crippen LogP contribution is -2.07. The molecule has 0 saturated carbocycles. The summed E-state index contributed by atoms with van der Waals surface area (Å²) in [7, 11) is 1.65. The van der Waals surface area contributed by atoms with Gasteiger partial charge in [-0.1, -0.05) is 12.1 Å². The van der Waals surface area contributed by atoms with E-state index in [1.165, 1.54) is 6.07 Å². The molecule has 0 spiro atoms. The molecule has 1 aromatic carbocycles. The molecular formula is C14H18FNO3. The van der Waals surface area contributed by atoms with E-state index in [0.29, 0.717) is 32.0 Å². The summed E-state index contributed by atoms with van der Waals surface area (Å²) in [6.07, 6.45) is 0.843. The molecule has 0 aliphatic heterocycles. The summed E-state index contributed by atoms with van der Waals surface area (Å²) in [6, 6.07) is 6.49. The second kappa shape index (κ2) is 9.45. The molecule has 0 radical (unpaired) electrons. The molecule has 0 unspecified atom stereocenters. The molecular weight excluding hydrogens is 249 g/mol. The van der Waals surface area contributed by atoms with Crippen molar-refractivity contribution in [3.63, 3.8) is 0 Å². The number of nitrogens with zero attached hydrogens (tertiary/aromatic N) is 1. The van der Waals surface area contributed by atoms with Crippen molar-refractivity contribution in [2.45, 2.75) is 13.0 Å². The summed E-state index contributed by atoms with van der Waals surface area (Å²) in [5.41, 5.74) is 0.426. The van der Waals surface area contributed by atoms with Crippen LogP contribution in [0.3, 0.4) is 0 Å². The predicted octanol–water partition coefficient (Wildman–Crippen LogP) is 2.27. The molecule has 0 atom stereocenters. The van der Waals surface area contributed by atoms with Crippen LogP contribution in [0.25, 0.3) is 0 Å². The molecule has 0 aromatic heterocycles. The van der Waals surface area contributed by atoms with Crippen molar-refractivity contribution >= 4 is 0 Å².